The number of hydrogen-bond donors (Lipinski definition) is 2. The SMILES string of the molecule is CCOC(=O)N1CCC(NCCC(=O)Nc2ccccc2C(C)(C)C)CC1. The minimum Gasteiger partial charge on any atom is -0.450 e. The van der Waals surface area contributed by atoms with Gasteiger partial charge in [-0.2, -0.15) is 0 Å². The monoisotopic (exact) mass is 375 g/mol. The third kappa shape index (κ3) is 6.54. The van der Waals surface area contributed by atoms with Crippen LogP contribution in [-0.4, -0.2) is 49.2 Å². The van der Waals surface area contributed by atoms with E-state index in [0.29, 0.717) is 38.7 Å². The minimum absolute atomic E-state index is 0.0168. The first-order valence-electron chi connectivity index (χ1n) is 9.85. The second kappa shape index (κ2) is 9.74. The Hall–Kier alpha value is -2.08. The van der Waals surface area contributed by atoms with Gasteiger partial charge in [-0.3, -0.25) is 4.79 Å². The van der Waals surface area contributed by atoms with Crippen LogP contribution >= 0.6 is 0 Å². The lowest BCUT2D eigenvalue weighted by molar-refractivity contribution is -0.116. The van der Waals surface area contributed by atoms with E-state index in [9.17, 15) is 9.59 Å². The van der Waals surface area contributed by atoms with Crippen LogP contribution < -0.4 is 10.6 Å². The quantitative estimate of drug-likeness (QED) is 0.798. The van der Waals surface area contributed by atoms with Crippen LogP contribution in [0.2, 0.25) is 0 Å². The molecule has 1 aromatic rings. The van der Waals surface area contributed by atoms with E-state index in [1.54, 1.807) is 4.90 Å². The number of hydrogen-bond acceptors (Lipinski definition) is 4. The molecular formula is C21H33N3O3. The van der Waals surface area contributed by atoms with Gasteiger partial charge in [-0.05, 0) is 36.8 Å². The number of likely N-dealkylation sites (tertiary alicyclic amines) is 1. The van der Waals surface area contributed by atoms with E-state index in [0.717, 1.165) is 24.1 Å². The fourth-order valence-electron chi connectivity index (χ4n) is 3.33. The number of amides is 2. The van der Waals surface area contributed by atoms with Crippen molar-refractivity contribution in [1.82, 2.24) is 10.2 Å². The van der Waals surface area contributed by atoms with Gasteiger partial charge < -0.3 is 20.3 Å². The lowest BCUT2D eigenvalue weighted by Gasteiger charge is -2.31. The lowest BCUT2D eigenvalue weighted by Crippen LogP contribution is -2.45. The summed E-state index contributed by atoms with van der Waals surface area (Å²) in [4.78, 5) is 25.8. The Morgan fingerprint density at radius 3 is 2.48 bits per heavy atom. The standard InChI is InChI=1S/C21H33N3O3/c1-5-27-20(26)24-14-11-16(12-15-24)22-13-10-19(25)23-18-9-7-6-8-17(18)21(2,3)4/h6-9,16,22H,5,10-15H2,1-4H3,(H,23,25). The molecule has 1 fully saturated rings. The van der Waals surface area contributed by atoms with E-state index >= 15 is 0 Å². The number of ether oxygens (including phenoxy) is 1. The highest BCUT2D eigenvalue weighted by Gasteiger charge is 2.23. The fourth-order valence-corrected chi connectivity index (χ4v) is 3.33. The summed E-state index contributed by atoms with van der Waals surface area (Å²) in [6, 6.07) is 8.30. The number of piperidine rings is 1. The number of carbonyl (C=O) groups excluding carboxylic acids is 2. The zero-order valence-corrected chi connectivity index (χ0v) is 17.0. The summed E-state index contributed by atoms with van der Waals surface area (Å²) < 4.78 is 5.03. The maximum absolute atomic E-state index is 12.3. The molecule has 0 aromatic heterocycles. The maximum atomic E-state index is 12.3. The molecule has 1 aliphatic rings. The van der Waals surface area contributed by atoms with E-state index in [4.69, 9.17) is 4.74 Å². The van der Waals surface area contributed by atoms with Crippen molar-refractivity contribution < 1.29 is 14.3 Å². The van der Waals surface area contributed by atoms with Crippen LogP contribution in [0.25, 0.3) is 0 Å². The van der Waals surface area contributed by atoms with Gasteiger partial charge in [-0.1, -0.05) is 39.0 Å². The molecule has 6 heteroatoms. The Bertz CT molecular complexity index is 632. The van der Waals surface area contributed by atoms with Gasteiger partial charge in [0, 0.05) is 37.8 Å². The maximum Gasteiger partial charge on any atom is 0.409 e. The van der Waals surface area contributed by atoms with Crippen molar-refractivity contribution in [2.75, 3.05) is 31.6 Å². The van der Waals surface area contributed by atoms with Crippen molar-refractivity contribution in [3.8, 4) is 0 Å². The largest absolute Gasteiger partial charge is 0.450 e. The third-order valence-electron chi connectivity index (χ3n) is 4.82. The smallest absolute Gasteiger partial charge is 0.409 e. The van der Waals surface area contributed by atoms with Gasteiger partial charge in [0.1, 0.15) is 0 Å². The summed E-state index contributed by atoms with van der Waals surface area (Å²) in [6.45, 7) is 10.7. The first kappa shape index (κ1) is 21.2. The fraction of sp³-hybridized carbons (Fsp3) is 0.619. The highest BCUT2D eigenvalue weighted by molar-refractivity contribution is 5.91. The average Bonchev–Trinajstić information content (AvgIpc) is 2.62. The number of carbonyl (C=O) groups is 2. The molecule has 0 radical (unpaired) electrons. The Kier molecular flexibility index (Phi) is 7.66. The zero-order valence-electron chi connectivity index (χ0n) is 17.0. The second-order valence-electron chi connectivity index (χ2n) is 8.01. The number of para-hydroxylation sites is 1. The van der Waals surface area contributed by atoms with Gasteiger partial charge in [0.2, 0.25) is 5.91 Å². The normalized spacial score (nSPS) is 15.5. The van der Waals surface area contributed by atoms with Crippen molar-refractivity contribution in [2.24, 2.45) is 0 Å². The molecule has 2 amide bonds. The molecule has 1 heterocycles. The molecule has 1 aliphatic heterocycles. The Balaban J connectivity index is 1.73. The van der Waals surface area contributed by atoms with Gasteiger partial charge in [0.25, 0.3) is 0 Å². The minimum atomic E-state index is -0.229. The third-order valence-corrected chi connectivity index (χ3v) is 4.82. The predicted molar refractivity (Wildman–Crippen MR) is 108 cm³/mol. The van der Waals surface area contributed by atoms with Gasteiger partial charge >= 0.3 is 6.09 Å². The highest BCUT2D eigenvalue weighted by atomic mass is 16.6. The van der Waals surface area contributed by atoms with Gasteiger partial charge in [-0.15, -0.1) is 0 Å². The first-order valence-corrected chi connectivity index (χ1v) is 9.85. The Labute approximate surface area is 162 Å². The van der Waals surface area contributed by atoms with Crippen molar-refractivity contribution in [3.63, 3.8) is 0 Å². The van der Waals surface area contributed by atoms with Gasteiger partial charge in [0.15, 0.2) is 0 Å². The predicted octanol–water partition coefficient (Wildman–Crippen LogP) is 3.52. The molecule has 1 aromatic carbocycles. The van der Waals surface area contributed by atoms with E-state index in [1.165, 1.54) is 0 Å². The summed E-state index contributed by atoms with van der Waals surface area (Å²) in [5, 5.41) is 6.48. The molecule has 0 aliphatic carbocycles. The first-order chi connectivity index (χ1) is 12.8. The molecule has 0 unspecified atom stereocenters. The molecular weight excluding hydrogens is 342 g/mol. The summed E-state index contributed by atoms with van der Waals surface area (Å²) in [6.07, 6.45) is 1.96. The van der Waals surface area contributed by atoms with Gasteiger partial charge in [0.05, 0.1) is 6.61 Å². The van der Waals surface area contributed by atoms with Crippen molar-refractivity contribution in [1.29, 1.82) is 0 Å². The molecule has 2 N–H and O–H groups in total. The van der Waals surface area contributed by atoms with Gasteiger partial charge in [-0.25, -0.2) is 4.79 Å². The van der Waals surface area contributed by atoms with Crippen molar-refractivity contribution >= 4 is 17.7 Å². The Morgan fingerprint density at radius 2 is 1.85 bits per heavy atom. The highest BCUT2D eigenvalue weighted by Crippen LogP contribution is 2.29. The average molecular weight is 376 g/mol. The van der Waals surface area contributed by atoms with Crippen LogP contribution in [0.5, 0.6) is 0 Å². The van der Waals surface area contributed by atoms with E-state index < -0.39 is 0 Å². The van der Waals surface area contributed by atoms with E-state index in [1.807, 2.05) is 25.1 Å². The summed E-state index contributed by atoms with van der Waals surface area (Å²) in [5.74, 6) is 0.0168. The van der Waals surface area contributed by atoms with Crippen LogP contribution in [0.3, 0.4) is 0 Å². The number of anilines is 1. The molecule has 0 bridgehead atoms. The topological polar surface area (TPSA) is 70.7 Å². The molecule has 1 saturated heterocycles. The van der Waals surface area contributed by atoms with Crippen LogP contribution in [0.1, 0.15) is 52.5 Å². The number of rotatable bonds is 6. The molecule has 0 spiro atoms. The molecule has 2 rings (SSSR count). The zero-order chi connectivity index (χ0) is 19.9. The summed E-state index contributed by atoms with van der Waals surface area (Å²) in [7, 11) is 0. The lowest BCUT2D eigenvalue weighted by atomic mass is 9.86. The molecule has 150 valence electrons. The van der Waals surface area contributed by atoms with Crippen LogP contribution in [-0.2, 0) is 14.9 Å². The number of nitrogens with one attached hydrogen (secondary N) is 2. The molecule has 0 atom stereocenters. The molecule has 27 heavy (non-hydrogen) atoms. The van der Waals surface area contributed by atoms with E-state index in [-0.39, 0.29) is 17.4 Å². The molecule has 0 saturated carbocycles. The number of benzene rings is 1. The summed E-state index contributed by atoms with van der Waals surface area (Å²) in [5.41, 5.74) is 2.00. The van der Waals surface area contributed by atoms with E-state index in [2.05, 4.69) is 37.5 Å². The van der Waals surface area contributed by atoms with Crippen molar-refractivity contribution in [3.05, 3.63) is 29.8 Å². The van der Waals surface area contributed by atoms with Crippen molar-refractivity contribution in [2.45, 2.75) is 58.4 Å². The van der Waals surface area contributed by atoms with Crippen LogP contribution in [0.15, 0.2) is 24.3 Å². The Morgan fingerprint density at radius 1 is 1.19 bits per heavy atom. The second-order valence-corrected chi connectivity index (χ2v) is 8.01. The van der Waals surface area contributed by atoms with Crippen LogP contribution in [0.4, 0.5) is 10.5 Å². The molecule has 6 nitrogen and oxygen atoms in total. The summed E-state index contributed by atoms with van der Waals surface area (Å²) >= 11 is 0. The van der Waals surface area contributed by atoms with Crippen LogP contribution in [0, 0.1) is 0 Å². The number of nitrogens with zero attached hydrogens (tertiary/aromatic N) is 1.